The monoisotopic (exact) mass is 293 g/mol. The Kier molecular flexibility index (Phi) is 3.97. The van der Waals surface area contributed by atoms with Crippen molar-refractivity contribution in [1.82, 2.24) is 5.01 Å². The summed E-state index contributed by atoms with van der Waals surface area (Å²) in [7, 11) is 0. The molecule has 2 aromatic carbocycles. The van der Waals surface area contributed by atoms with E-state index < -0.39 is 0 Å². The molecule has 3 rings (SSSR count). The molecule has 0 aromatic heterocycles. The molecular weight excluding hydrogens is 274 g/mol. The van der Waals surface area contributed by atoms with Crippen LogP contribution < -0.4 is 5.01 Å². The predicted molar refractivity (Wildman–Crippen MR) is 87.2 cm³/mol. The lowest BCUT2D eigenvalue weighted by molar-refractivity contribution is -0.130. The number of carbonyl (C=O) groups excluding carboxylic acids is 1. The fraction of sp³-hybridized carbons (Fsp3) is 0.333. The molecule has 1 saturated heterocycles. The molecule has 0 saturated carbocycles. The van der Waals surface area contributed by atoms with Crippen LogP contribution in [0.2, 0.25) is 0 Å². The second kappa shape index (κ2) is 6.07. The number of nitriles is 1. The van der Waals surface area contributed by atoms with Gasteiger partial charge in [-0.25, -0.2) is 0 Å². The van der Waals surface area contributed by atoms with Gasteiger partial charge in [0.05, 0.1) is 17.3 Å². The molecule has 0 N–H and O–H groups in total. The summed E-state index contributed by atoms with van der Waals surface area (Å²) in [5.41, 5.74) is 1.68. The molecule has 1 fully saturated rings. The van der Waals surface area contributed by atoms with Gasteiger partial charge in [-0.2, -0.15) is 5.26 Å². The molecule has 2 aromatic rings. The summed E-state index contributed by atoms with van der Waals surface area (Å²) in [4.78, 5) is 12.3. The van der Waals surface area contributed by atoms with E-state index in [1.165, 1.54) is 0 Å². The third kappa shape index (κ3) is 2.39. The minimum atomic E-state index is 0.174. The third-order valence-electron chi connectivity index (χ3n) is 4.08. The zero-order valence-corrected chi connectivity index (χ0v) is 12.7. The van der Waals surface area contributed by atoms with Crippen LogP contribution in [0.15, 0.2) is 36.4 Å². The molecule has 0 radical (unpaired) electrons. The number of hydrazine groups is 1. The Morgan fingerprint density at radius 1 is 1.18 bits per heavy atom. The van der Waals surface area contributed by atoms with Crippen LogP contribution in [0, 0.1) is 11.3 Å². The van der Waals surface area contributed by atoms with E-state index in [1.54, 1.807) is 0 Å². The quantitative estimate of drug-likeness (QED) is 0.870. The van der Waals surface area contributed by atoms with E-state index >= 15 is 0 Å². The van der Waals surface area contributed by atoms with Crippen molar-refractivity contribution in [2.24, 2.45) is 0 Å². The highest BCUT2D eigenvalue weighted by atomic mass is 16.2. The molecule has 0 bridgehead atoms. The Morgan fingerprint density at radius 2 is 1.95 bits per heavy atom. The summed E-state index contributed by atoms with van der Waals surface area (Å²) in [6.45, 7) is 3.63. The van der Waals surface area contributed by atoms with Crippen LogP contribution in [0.5, 0.6) is 0 Å². The first kappa shape index (κ1) is 14.4. The van der Waals surface area contributed by atoms with Crippen molar-refractivity contribution < 1.29 is 4.79 Å². The Labute approximate surface area is 130 Å². The van der Waals surface area contributed by atoms with Gasteiger partial charge in [-0.05, 0) is 25.0 Å². The van der Waals surface area contributed by atoms with Crippen molar-refractivity contribution in [3.8, 4) is 6.07 Å². The van der Waals surface area contributed by atoms with Gasteiger partial charge in [-0.15, -0.1) is 0 Å². The van der Waals surface area contributed by atoms with Gasteiger partial charge < -0.3 is 0 Å². The van der Waals surface area contributed by atoms with E-state index in [-0.39, 0.29) is 5.91 Å². The summed E-state index contributed by atoms with van der Waals surface area (Å²) in [6, 6.07) is 13.9. The number of amides is 1. The fourth-order valence-electron chi connectivity index (χ4n) is 3.07. The van der Waals surface area contributed by atoms with Gasteiger partial charge in [0.25, 0.3) is 0 Å². The molecule has 0 aliphatic carbocycles. The number of carbonyl (C=O) groups is 1. The molecule has 1 heterocycles. The Morgan fingerprint density at radius 3 is 2.68 bits per heavy atom. The van der Waals surface area contributed by atoms with Crippen molar-refractivity contribution in [3.63, 3.8) is 0 Å². The summed E-state index contributed by atoms with van der Waals surface area (Å²) in [5.74, 6) is 0.174. The zero-order chi connectivity index (χ0) is 15.5. The van der Waals surface area contributed by atoms with Gasteiger partial charge >= 0.3 is 0 Å². The number of hydrogen-bond donors (Lipinski definition) is 0. The summed E-state index contributed by atoms with van der Waals surface area (Å²) >= 11 is 0. The van der Waals surface area contributed by atoms with Gasteiger partial charge in [-0.3, -0.25) is 14.8 Å². The number of nitrogens with zero attached hydrogens (tertiary/aromatic N) is 3. The predicted octanol–water partition coefficient (Wildman–Crippen LogP) is 3.47. The van der Waals surface area contributed by atoms with Gasteiger partial charge in [0, 0.05) is 30.3 Å². The maximum absolute atomic E-state index is 12.3. The number of anilines is 1. The number of benzene rings is 2. The van der Waals surface area contributed by atoms with E-state index in [4.69, 9.17) is 0 Å². The van der Waals surface area contributed by atoms with Gasteiger partial charge in [0.2, 0.25) is 5.91 Å². The lowest BCUT2D eigenvalue weighted by atomic mass is 10.0. The molecule has 0 unspecified atom stereocenters. The summed E-state index contributed by atoms with van der Waals surface area (Å²) < 4.78 is 0. The van der Waals surface area contributed by atoms with Crippen molar-refractivity contribution >= 4 is 22.4 Å². The number of rotatable bonds is 3. The maximum atomic E-state index is 12.3. The second-order valence-electron chi connectivity index (χ2n) is 5.53. The minimum Gasteiger partial charge on any atom is -0.282 e. The van der Waals surface area contributed by atoms with Crippen LogP contribution >= 0.6 is 0 Å². The van der Waals surface area contributed by atoms with E-state index in [9.17, 15) is 10.1 Å². The largest absolute Gasteiger partial charge is 0.282 e. The fourth-order valence-corrected chi connectivity index (χ4v) is 3.07. The lowest BCUT2D eigenvalue weighted by Crippen LogP contribution is -2.41. The van der Waals surface area contributed by atoms with Crippen molar-refractivity contribution in [2.45, 2.75) is 26.2 Å². The van der Waals surface area contributed by atoms with E-state index in [0.29, 0.717) is 12.0 Å². The first-order chi connectivity index (χ1) is 10.8. The summed E-state index contributed by atoms with van der Waals surface area (Å²) in [5, 5.41) is 15.2. The first-order valence-corrected chi connectivity index (χ1v) is 7.76. The third-order valence-corrected chi connectivity index (χ3v) is 4.08. The highest BCUT2D eigenvalue weighted by Gasteiger charge is 2.27. The molecule has 1 aliphatic heterocycles. The van der Waals surface area contributed by atoms with E-state index in [0.717, 1.165) is 42.4 Å². The van der Waals surface area contributed by atoms with E-state index in [2.05, 4.69) is 11.1 Å². The summed E-state index contributed by atoms with van der Waals surface area (Å²) in [6.07, 6.45) is 2.41. The molecule has 1 amide bonds. The number of hydrogen-bond acceptors (Lipinski definition) is 3. The van der Waals surface area contributed by atoms with Crippen molar-refractivity contribution in [1.29, 1.82) is 5.26 Å². The Balaban J connectivity index is 2.07. The highest BCUT2D eigenvalue weighted by Crippen LogP contribution is 2.32. The molecule has 4 heteroatoms. The molecule has 4 nitrogen and oxygen atoms in total. The van der Waals surface area contributed by atoms with Crippen molar-refractivity contribution in [3.05, 3.63) is 42.0 Å². The van der Waals surface area contributed by atoms with Crippen LogP contribution in [0.3, 0.4) is 0 Å². The maximum Gasteiger partial charge on any atom is 0.241 e. The SMILES string of the molecule is CCCC(=O)N1CCCN1c1ccc(C#N)c2ccccc12. The smallest absolute Gasteiger partial charge is 0.241 e. The first-order valence-electron chi connectivity index (χ1n) is 7.76. The number of fused-ring (bicyclic) bond motifs is 1. The van der Waals surface area contributed by atoms with Crippen LogP contribution in [-0.4, -0.2) is 24.0 Å². The van der Waals surface area contributed by atoms with Gasteiger partial charge in [0.15, 0.2) is 0 Å². The second-order valence-corrected chi connectivity index (χ2v) is 5.53. The average molecular weight is 293 g/mol. The highest BCUT2D eigenvalue weighted by molar-refractivity contribution is 5.98. The Bertz CT molecular complexity index is 748. The molecular formula is C18H19N3O. The molecule has 112 valence electrons. The van der Waals surface area contributed by atoms with Crippen LogP contribution in [-0.2, 0) is 4.79 Å². The van der Waals surface area contributed by atoms with Crippen LogP contribution in [0.25, 0.3) is 10.8 Å². The molecule has 0 atom stereocenters. The normalized spacial score (nSPS) is 14.4. The van der Waals surface area contributed by atoms with E-state index in [1.807, 2.05) is 48.3 Å². The minimum absolute atomic E-state index is 0.174. The van der Waals surface area contributed by atoms with Gasteiger partial charge in [-0.1, -0.05) is 31.2 Å². The molecule has 22 heavy (non-hydrogen) atoms. The van der Waals surface area contributed by atoms with Crippen LogP contribution in [0.1, 0.15) is 31.7 Å². The lowest BCUT2D eigenvalue weighted by Gasteiger charge is -2.31. The molecule has 1 aliphatic rings. The van der Waals surface area contributed by atoms with Gasteiger partial charge in [0.1, 0.15) is 0 Å². The standard InChI is InChI=1S/C18H19N3O/c1-2-6-18(22)21-12-5-11-20(21)17-10-9-14(13-19)15-7-3-4-8-16(15)17/h3-4,7-10H,2,5-6,11-12H2,1H3. The van der Waals surface area contributed by atoms with Crippen LogP contribution in [0.4, 0.5) is 5.69 Å². The molecule has 0 spiro atoms. The topological polar surface area (TPSA) is 47.3 Å². The average Bonchev–Trinajstić information content (AvgIpc) is 3.03. The Hall–Kier alpha value is -2.54. The zero-order valence-electron chi connectivity index (χ0n) is 12.7. The van der Waals surface area contributed by atoms with Crippen molar-refractivity contribution in [2.75, 3.05) is 18.1 Å².